The Morgan fingerprint density at radius 3 is 2.48 bits per heavy atom. The Bertz CT molecular complexity index is 492. The standard InChI is InChI=1S/C18H30N4O/c1-19-18(21-13-17(22(2)3)15-7-8-15)20-12-11-14-5-9-16(23-4)10-6-14/h5-6,9-10,15,17H,7-8,11-13H2,1-4H3,(H2,19,20,21). The van der Waals surface area contributed by atoms with E-state index in [4.69, 9.17) is 4.74 Å². The van der Waals surface area contributed by atoms with Crippen molar-refractivity contribution in [2.75, 3.05) is 41.3 Å². The number of rotatable bonds is 8. The first-order valence-electron chi connectivity index (χ1n) is 8.38. The molecule has 1 aliphatic rings. The SMILES string of the molecule is CN=C(NCCc1ccc(OC)cc1)NCC(C1CC1)N(C)C. The van der Waals surface area contributed by atoms with Crippen molar-refractivity contribution in [1.82, 2.24) is 15.5 Å². The van der Waals surface area contributed by atoms with Crippen molar-refractivity contribution in [1.29, 1.82) is 0 Å². The van der Waals surface area contributed by atoms with Crippen molar-refractivity contribution >= 4 is 5.96 Å². The maximum atomic E-state index is 5.18. The summed E-state index contributed by atoms with van der Waals surface area (Å²) in [5, 5.41) is 6.84. The van der Waals surface area contributed by atoms with Crippen molar-refractivity contribution < 1.29 is 4.74 Å². The minimum absolute atomic E-state index is 0.593. The fraction of sp³-hybridized carbons (Fsp3) is 0.611. The highest BCUT2D eigenvalue weighted by Gasteiger charge is 2.32. The van der Waals surface area contributed by atoms with E-state index in [2.05, 4.69) is 46.8 Å². The molecule has 0 aliphatic heterocycles. The number of likely N-dealkylation sites (N-methyl/N-ethyl adjacent to an activating group) is 1. The molecule has 1 aromatic rings. The van der Waals surface area contributed by atoms with Gasteiger partial charge in [-0.25, -0.2) is 0 Å². The molecular weight excluding hydrogens is 288 g/mol. The number of guanidine groups is 1. The van der Waals surface area contributed by atoms with E-state index in [0.29, 0.717) is 6.04 Å². The van der Waals surface area contributed by atoms with Gasteiger partial charge in [0.1, 0.15) is 5.75 Å². The van der Waals surface area contributed by atoms with Gasteiger partial charge in [-0.1, -0.05) is 12.1 Å². The third-order valence-corrected chi connectivity index (χ3v) is 4.40. The number of nitrogens with zero attached hydrogens (tertiary/aromatic N) is 2. The number of methoxy groups -OCH3 is 1. The fourth-order valence-electron chi connectivity index (χ4n) is 2.79. The molecule has 1 unspecified atom stereocenters. The van der Waals surface area contributed by atoms with Gasteiger partial charge in [-0.05, 0) is 57.0 Å². The number of nitrogens with one attached hydrogen (secondary N) is 2. The molecule has 23 heavy (non-hydrogen) atoms. The Morgan fingerprint density at radius 2 is 1.96 bits per heavy atom. The predicted octanol–water partition coefficient (Wildman–Crippen LogP) is 1.74. The van der Waals surface area contributed by atoms with Crippen molar-refractivity contribution in [3.05, 3.63) is 29.8 Å². The summed E-state index contributed by atoms with van der Waals surface area (Å²) in [6.07, 6.45) is 3.67. The van der Waals surface area contributed by atoms with Crippen molar-refractivity contribution in [2.24, 2.45) is 10.9 Å². The summed E-state index contributed by atoms with van der Waals surface area (Å²) in [4.78, 5) is 6.63. The molecule has 2 N–H and O–H groups in total. The Kier molecular flexibility index (Phi) is 6.71. The summed E-state index contributed by atoms with van der Waals surface area (Å²) in [5.41, 5.74) is 1.29. The van der Waals surface area contributed by atoms with Gasteiger partial charge in [-0.2, -0.15) is 0 Å². The highest BCUT2D eigenvalue weighted by molar-refractivity contribution is 5.79. The fourth-order valence-corrected chi connectivity index (χ4v) is 2.79. The molecule has 0 heterocycles. The van der Waals surface area contributed by atoms with Crippen LogP contribution in [0.3, 0.4) is 0 Å². The van der Waals surface area contributed by atoms with E-state index in [1.165, 1.54) is 18.4 Å². The third-order valence-electron chi connectivity index (χ3n) is 4.40. The zero-order valence-electron chi connectivity index (χ0n) is 14.8. The Balaban J connectivity index is 1.71. The lowest BCUT2D eigenvalue weighted by Gasteiger charge is -2.25. The van der Waals surface area contributed by atoms with E-state index in [0.717, 1.165) is 37.1 Å². The van der Waals surface area contributed by atoms with Crippen LogP contribution in [0.15, 0.2) is 29.3 Å². The number of hydrogen-bond donors (Lipinski definition) is 2. The van der Waals surface area contributed by atoms with Crippen LogP contribution in [0.2, 0.25) is 0 Å². The average molecular weight is 318 g/mol. The van der Waals surface area contributed by atoms with E-state index in [9.17, 15) is 0 Å². The molecule has 0 spiro atoms. The van der Waals surface area contributed by atoms with E-state index >= 15 is 0 Å². The van der Waals surface area contributed by atoms with Gasteiger partial charge in [-0.3, -0.25) is 4.99 Å². The molecule has 0 bridgehead atoms. The summed E-state index contributed by atoms with van der Waals surface area (Å²) < 4.78 is 5.18. The zero-order chi connectivity index (χ0) is 16.7. The van der Waals surface area contributed by atoms with Crippen LogP contribution in [0.25, 0.3) is 0 Å². The van der Waals surface area contributed by atoms with Crippen LogP contribution in [-0.2, 0) is 6.42 Å². The summed E-state index contributed by atoms with van der Waals surface area (Å²) in [6, 6.07) is 8.80. The third kappa shape index (κ3) is 5.75. The maximum Gasteiger partial charge on any atom is 0.191 e. The summed E-state index contributed by atoms with van der Waals surface area (Å²) in [5.74, 6) is 2.62. The van der Waals surface area contributed by atoms with Crippen LogP contribution in [0, 0.1) is 5.92 Å². The van der Waals surface area contributed by atoms with Gasteiger partial charge >= 0.3 is 0 Å². The van der Waals surface area contributed by atoms with Gasteiger partial charge in [-0.15, -0.1) is 0 Å². The summed E-state index contributed by atoms with van der Waals surface area (Å²) >= 11 is 0. The lowest BCUT2D eigenvalue weighted by molar-refractivity contribution is 0.264. The minimum atomic E-state index is 0.593. The van der Waals surface area contributed by atoms with E-state index in [1.807, 2.05) is 19.2 Å². The van der Waals surface area contributed by atoms with E-state index in [1.54, 1.807) is 7.11 Å². The van der Waals surface area contributed by atoms with Crippen LogP contribution in [0.1, 0.15) is 18.4 Å². The van der Waals surface area contributed by atoms with E-state index in [-0.39, 0.29) is 0 Å². The number of aliphatic imine (C=N–C) groups is 1. The van der Waals surface area contributed by atoms with Gasteiger partial charge in [0.15, 0.2) is 5.96 Å². The Labute approximate surface area is 140 Å². The van der Waals surface area contributed by atoms with Gasteiger partial charge in [0.2, 0.25) is 0 Å². The van der Waals surface area contributed by atoms with Crippen LogP contribution >= 0.6 is 0 Å². The lowest BCUT2D eigenvalue weighted by atomic mass is 10.1. The Morgan fingerprint density at radius 1 is 1.26 bits per heavy atom. The van der Waals surface area contributed by atoms with Gasteiger partial charge in [0.05, 0.1) is 7.11 Å². The zero-order valence-corrected chi connectivity index (χ0v) is 14.8. The summed E-state index contributed by atoms with van der Waals surface area (Å²) in [7, 11) is 7.83. The quantitative estimate of drug-likeness (QED) is 0.566. The van der Waals surface area contributed by atoms with Gasteiger partial charge < -0.3 is 20.3 Å². The molecule has 1 aliphatic carbocycles. The molecule has 0 amide bonds. The smallest absolute Gasteiger partial charge is 0.191 e. The largest absolute Gasteiger partial charge is 0.497 e. The molecule has 5 nitrogen and oxygen atoms in total. The molecule has 1 aromatic carbocycles. The second-order valence-corrected chi connectivity index (χ2v) is 6.35. The molecule has 1 fully saturated rings. The monoisotopic (exact) mass is 318 g/mol. The van der Waals surface area contributed by atoms with Crippen LogP contribution in [-0.4, -0.2) is 58.2 Å². The van der Waals surface area contributed by atoms with Gasteiger partial charge in [0, 0.05) is 26.2 Å². The second kappa shape index (κ2) is 8.77. The maximum absolute atomic E-state index is 5.18. The number of hydrogen-bond acceptors (Lipinski definition) is 3. The molecular formula is C18H30N4O. The topological polar surface area (TPSA) is 48.9 Å². The molecule has 0 saturated heterocycles. The Hall–Kier alpha value is -1.75. The lowest BCUT2D eigenvalue weighted by Crippen LogP contribution is -2.46. The first kappa shape index (κ1) is 17.6. The van der Waals surface area contributed by atoms with E-state index < -0.39 is 0 Å². The van der Waals surface area contributed by atoms with Gasteiger partial charge in [0.25, 0.3) is 0 Å². The second-order valence-electron chi connectivity index (χ2n) is 6.35. The average Bonchev–Trinajstić information content (AvgIpc) is 3.38. The van der Waals surface area contributed by atoms with Crippen LogP contribution < -0.4 is 15.4 Å². The highest BCUT2D eigenvalue weighted by Crippen LogP contribution is 2.34. The van der Waals surface area contributed by atoms with Crippen molar-refractivity contribution in [3.8, 4) is 5.75 Å². The molecule has 0 radical (unpaired) electrons. The highest BCUT2D eigenvalue weighted by atomic mass is 16.5. The number of benzene rings is 1. The molecule has 2 rings (SSSR count). The molecule has 1 atom stereocenters. The molecule has 1 saturated carbocycles. The first-order chi connectivity index (χ1) is 11.1. The van der Waals surface area contributed by atoms with Crippen molar-refractivity contribution in [3.63, 3.8) is 0 Å². The minimum Gasteiger partial charge on any atom is -0.497 e. The first-order valence-corrected chi connectivity index (χ1v) is 8.38. The van der Waals surface area contributed by atoms with Crippen LogP contribution in [0.5, 0.6) is 5.75 Å². The molecule has 0 aromatic heterocycles. The normalized spacial score (nSPS) is 16.3. The predicted molar refractivity (Wildman–Crippen MR) is 96.3 cm³/mol. The summed E-state index contributed by atoms with van der Waals surface area (Å²) in [6.45, 7) is 1.81. The van der Waals surface area contributed by atoms with Crippen molar-refractivity contribution in [2.45, 2.75) is 25.3 Å². The molecule has 128 valence electrons. The number of ether oxygens (including phenoxy) is 1. The van der Waals surface area contributed by atoms with Crippen LogP contribution in [0.4, 0.5) is 0 Å². The molecule has 5 heteroatoms.